The summed E-state index contributed by atoms with van der Waals surface area (Å²) in [5.74, 6) is 3.17. The third-order valence-electron chi connectivity index (χ3n) is 7.36. The molecule has 0 aliphatic heterocycles. The third-order valence-corrected chi connectivity index (χ3v) is 7.36. The number of anilines is 1. The maximum atomic E-state index is 13.4. The minimum Gasteiger partial charge on any atom is -0.310 e. The lowest BCUT2D eigenvalue weighted by Crippen LogP contribution is -2.51. The topological polar surface area (TPSA) is 92.7 Å². The van der Waals surface area contributed by atoms with E-state index < -0.39 is 0 Å². The van der Waals surface area contributed by atoms with Crippen molar-refractivity contribution in [2.75, 3.05) is 5.32 Å². The summed E-state index contributed by atoms with van der Waals surface area (Å²) < 4.78 is 1.56. The number of hydrogen-bond acceptors (Lipinski definition) is 4. The zero-order valence-electron chi connectivity index (χ0n) is 17.4. The van der Waals surface area contributed by atoms with Crippen LogP contribution in [0.1, 0.15) is 62.4 Å². The van der Waals surface area contributed by atoms with Crippen molar-refractivity contribution in [3.05, 3.63) is 33.4 Å². The van der Waals surface area contributed by atoms with Gasteiger partial charge in [0.25, 0.3) is 5.56 Å². The number of amides is 1. The number of rotatable bonds is 4. The number of aromatic amines is 1. The fourth-order valence-electron chi connectivity index (χ4n) is 6.50. The second-order valence-corrected chi connectivity index (χ2v) is 9.54. The molecule has 1 amide bonds. The zero-order valence-corrected chi connectivity index (χ0v) is 17.4. The fraction of sp³-hybridized carbons (Fsp3) is 0.636. The standard InChI is InChI=1S/C22H29N5O2/c1-4-17-13(3)23-21(25-19(17)28)27-18(5-12(2)26-27)24-20(29)22-9-14-6-15(10-22)8-16(7-14)11-22/h5,14-16H,4,6-11H2,1-3H3,(H,24,29)(H,23,25,28). The van der Waals surface area contributed by atoms with Gasteiger partial charge in [-0.1, -0.05) is 6.92 Å². The Kier molecular flexibility index (Phi) is 4.19. The number of hydrogen-bond donors (Lipinski definition) is 2. The molecule has 4 aliphatic carbocycles. The van der Waals surface area contributed by atoms with Crippen LogP contribution in [-0.4, -0.2) is 25.7 Å². The Morgan fingerprint density at radius 2 is 1.83 bits per heavy atom. The van der Waals surface area contributed by atoms with Gasteiger partial charge in [0, 0.05) is 17.3 Å². The molecule has 29 heavy (non-hydrogen) atoms. The average Bonchev–Trinajstić information content (AvgIpc) is 3.00. The molecule has 4 aliphatic rings. The highest BCUT2D eigenvalue weighted by atomic mass is 16.2. The molecule has 6 rings (SSSR count). The van der Waals surface area contributed by atoms with Crippen LogP contribution in [-0.2, 0) is 11.2 Å². The predicted octanol–water partition coefficient (Wildman–Crippen LogP) is 3.29. The molecule has 2 heterocycles. The molecule has 4 saturated carbocycles. The van der Waals surface area contributed by atoms with Gasteiger partial charge in [-0.05, 0) is 76.5 Å². The monoisotopic (exact) mass is 395 g/mol. The van der Waals surface area contributed by atoms with Crippen molar-refractivity contribution in [1.29, 1.82) is 0 Å². The summed E-state index contributed by atoms with van der Waals surface area (Å²) >= 11 is 0. The van der Waals surface area contributed by atoms with Crippen molar-refractivity contribution in [2.24, 2.45) is 23.2 Å². The fourth-order valence-corrected chi connectivity index (χ4v) is 6.50. The summed E-state index contributed by atoms with van der Waals surface area (Å²) in [5, 5.41) is 7.64. The lowest BCUT2D eigenvalue weighted by molar-refractivity contribution is -0.140. The molecule has 7 nitrogen and oxygen atoms in total. The molecular weight excluding hydrogens is 366 g/mol. The Balaban J connectivity index is 1.46. The summed E-state index contributed by atoms with van der Waals surface area (Å²) in [7, 11) is 0. The lowest BCUT2D eigenvalue weighted by atomic mass is 9.49. The predicted molar refractivity (Wildman–Crippen MR) is 110 cm³/mol. The maximum Gasteiger partial charge on any atom is 0.255 e. The van der Waals surface area contributed by atoms with Gasteiger partial charge < -0.3 is 5.32 Å². The Morgan fingerprint density at radius 1 is 1.21 bits per heavy atom. The highest BCUT2D eigenvalue weighted by Gasteiger charge is 2.54. The Labute approximate surface area is 170 Å². The highest BCUT2D eigenvalue weighted by molar-refractivity contribution is 5.95. The van der Waals surface area contributed by atoms with Crippen LogP contribution in [0.3, 0.4) is 0 Å². The van der Waals surface area contributed by atoms with Crippen molar-refractivity contribution >= 4 is 11.7 Å². The number of carbonyl (C=O) groups is 1. The molecule has 7 heteroatoms. The van der Waals surface area contributed by atoms with Crippen LogP contribution >= 0.6 is 0 Å². The molecular formula is C22H29N5O2. The van der Waals surface area contributed by atoms with Gasteiger partial charge >= 0.3 is 0 Å². The molecule has 4 bridgehead atoms. The second-order valence-electron chi connectivity index (χ2n) is 9.54. The van der Waals surface area contributed by atoms with Crippen molar-refractivity contribution < 1.29 is 4.79 Å². The molecule has 0 atom stereocenters. The van der Waals surface area contributed by atoms with Gasteiger partial charge in [-0.3, -0.25) is 14.6 Å². The van der Waals surface area contributed by atoms with Gasteiger partial charge in [-0.25, -0.2) is 4.98 Å². The first-order valence-corrected chi connectivity index (χ1v) is 10.8. The summed E-state index contributed by atoms with van der Waals surface area (Å²) in [5.41, 5.74) is 1.75. The van der Waals surface area contributed by atoms with Crippen LogP contribution in [0, 0.1) is 37.0 Å². The number of aromatic nitrogens is 4. The minimum absolute atomic E-state index is 0.113. The van der Waals surface area contributed by atoms with E-state index in [0.29, 0.717) is 47.2 Å². The molecule has 0 spiro atoms. The van der Waals surface area contributed by atoms with Crippen LogP contribution in [0.15, 0.2) is 10.9 Å². The molecule has 2 aromatic heterocycles. The third kappa shape index (κ3) is 3.02. The van der Waals surface area contributed by atoms with E-state index in [1.807, 2.05) is 26.8 Å². The van der Waals surface area contributed by atoms with Gasteiger partial charge in [-0.15, -0.1) is 0 Å². The van der Waals surface area contributed by atoms with E-state index in [-0.39, 0.29) is 16.9 Å². The van der Waals surface area contributed by atoms with Crippen molar-refractivity contribution in [3.63, 3.8) is 0 Å². The number of carbonyl (C=O) groups excluding carboxylic acids is 1. The van der Waals surface area contributed by atoms with Crippen LogP contribution in [0.5, 0.6) is 0 Å². The number of nitrogens with one attached hydrogen (secondary N) is 2. The first-order chi connectivity index (χ1) is 13.9. The van der Waals surface area contributed by atoms with E-state index in [1.165, 1.54) is 19.3 Å². The number of H-pyrrole nitrogens is 1. The normalized spacial score (nSPS) is 30.0. The molecule has 2 aromatic rings. The smallest absolute Gasteiger partial charge is 0.255 e. The molecule has 154 valence electrons. The number of aryl methyl sites for hydroxylation is 2. The molecule has 0 aromatic carbocycles. The maximum absolute atomic E-state index is 13.4. The molecule has 0 unspecified atom stereocenters. The van der Waals surface area contributed by atoms with Crippen LogP contribution < -0.4 is 10.9 Å². The number of nitrogens with zero attached hydrogens (tertiary/aromatic N) is 3. The molecule has 4 fully saturated rings. The van der Waals surface area contributed by atoms with E-state index in [0.717, 1.165) is 25.0 Å². The van der Waals surface area contributed by atoms with E-state index >= 15 is 0 Å². The summed E-state index contributed by atoms with van der Waals surface area (Å²) in [6, 6.07) is 1.85. The van der Waals surface area contributed by atoms with Crippen LogP contribution in [0.2, 0.25) is 0 Å². The van der Waals surface area contributed by atoms with Crippen molar-refractivity contribution in [3.8, 4) is 5.95 Å². The van der Waals surface area contributed by atoms with Crippen molar-refractivity contribution in [2.45, 2.75) is 65.7 Å². The van der Waals surface area contributed by atoms with E-state index in [1.54, 1.807) is 4.68 Å². The van der Waals surface area contributed by atoms with Gasteiger partial charge in [0.15, 0.2) is 0 Å². The molecule has 2 N–H and O–H groups in total. The first-order valence-electron chi connectivity index (χ1n) is 10.8. The largest absolute Gasteiger partial charge is 0.310 e. The Hall–Kier alpha value is -2.44. The van der Waals surface area contributed by atoms with Crippen molar-refractivity contribution in [1.82, 2.24) is 19.7 Å². The van der Waals surface area contributed by atoms with E-state index in [2.05, 4.69) is 20.4 Å². The summed E-state index contributed by atoms with van der Waals surface area (Å²) in [4.78, 5) is 33.2. The van der Waals surface area contributed by atoms with E-state index in [9.17, 15) is 9.59 Å². The van der Waals surface area contributed by atoms with Gasteiger partial charge in [0.05, 0.1) is 11.1 Å². The average molecular weight is 396 g/mol. The summed E-state index contributed by atoms with van der Waals surface area (Å²) in [6.07, 6.45) is 7.57. The van der Waals surface area contributed by atoms with Gasteiger partial charge in [-0.2, -0.15) is 9.78 Å². The van der Waals surface area contributed by atoms with Gasteiger partial charge in [0.1, 0.15) is 5.82 Å². The molecule has 0 saturated heterocycles. The van der Waals surface area contributed by atoms with Crippen LogP contribution in [0.4, 0.5) is 5.82 Å². The quantitative estimate of drug-likeness (QED) is 0.831. The zero-order chi connectivity index (χ0) is 20.3. The lowest BCUT2D eigenvalue weighted by Gasteiger charge is -2.55. The highest BCUT2D eigenvalue weighted by Crippen LogP contribution is 2.60. The molecule has 0 radical (unpaired) electrons. The van der Waals surface area contributed by atoms with Crippen LogP contribution in [0.25, 0.3) is 5.95 Å². The Morgan fingerprint density at radius 3 is 2.38 bits per heavy atom. The Bertz CT molecular complexity index is 999. The van der Waals surface area contributed by atoms with Gasteiger partial charge in [0.2, 0.25) is 11.9 Å². The first kappa shape index (κ1) is 18.6. The SMILES string of the molecule is CCc1c(C)nc(-n2nc(C)cc2NC(=O)C23CC4CC(CC(C4)C2)C3)[nH]c1=O. The van der Waals surface area contributed by atoms with E-state index in [4.69, 9.17) is 0 Å². The minimum atomic E-state index is -0.236. The summed E-state index contributed by atoms with van der Waals surface area (Å²) in [6.45, 7) is 5.65. The second kappa shape index (κ2) is 6.54.